The Morgan fingerprint density at radius 1 is 1.11 bits per heavy atom. The van der Waals surface area contributed by atoms with E-state index >= 15 is 0 Å². The summed E-state index contributed by atoms with van der Waals surface area (Å²) in [6, 6.07) is 5.66. The van der Waals surface area contributed by atoms with Gasteiger partial charge in [-0.05, 0) is 24.0 Å². The van der Waals surface area contributed by atoms with Crippen LogP contribution in [-0.4, -0.2) is 51.2 Å². The van der Waals surface area contributed by atoms with Gasteiger partial charge in [-0.3, -0.25) is 0 Å². The Balaban J connectivity index is 1.99. The zero-order valence-corrected chi connectivity index (χ0v) is 11.3. The van der Waals surface area contributed by atoms with E-state index in [0.29, 0.717) is 6.54 Å². The Hall–Kier alpha value is -0.660. The SMILES string of the molecule is CS[C@H]1[C@H](O)[C@H](O)[C@H](O)[C@@H]1NCc1ccc(F)cc1. The Bertz CT molecular complexity index is 417. The van der Waals surface area contributed by atoms with Crippen LogP contribution in [0, 0.1) is 5.82 Å². The van der Waals surface area contributed by atoms with Crippen molar-refractivity contribution < 1.29 is 19.7 Å². The van der Waals surface area contributed by atoms with Gasteiger partial charge in [-0.25, -0.2) is 4.39 Å². The summed E-state index contributed by atoms with van der Waals surface area (Å²) in [4.78, 5) is 0. The number of aliphatic hydroxyl groups is 3. The van der Waals surface area contributed by atoms with Gasteiger partial charge in [0.2, 0.25) is 0 Å². The number of thioether (sulfide) groups is 1. The molecule has 1 fully saturated rings. The average molecular weight is 287 g/mol. The molecule has 0 spiro atoms. The van der Waals surface area contributed by atoms with Gasteiger partial charge >= 0.3 is 0 Å². The van der Waals surface area contributed by atoms with Gasteiger partial charge in [-0.15, -0.1) is 0 Å². The summed E-state index contributed by atoms with van der Waals surface area (Å²) in [6.07, 6.45) is -1.27. The molecule has 2 rings (SSSR count). The molecule has 0 radical (unpaired) electrons. The molecule has 1 aromatic rings. The topological polar surface area (TPSA) is 72.7 Å². The minimum atomic E-state index is -1.14. The fourth-order valence-corrected chi connectivity index (χ4v) is 3.37. The van der Waals surface area contributed by atoms with Gasteiger partial charge in [0.15, 0.2) is 0 Å². The van der Waals surface area contributed by atoms with Crippen molar-refractivity contribution in [1.82, 2.24) is 5.32 Å². The number of hydrogen-bond acceptors (Lipinski definition) is 5. The van der Waals surface area contributed by atoms with Crippen LogP contribution in [0.4, 0.5) is 4.39 Å². The fourth-order valence-electron chi connectivity index (χ4n) is 2.38. The van der Waals surface area contributed by atoms with Gasteiger partial charge in [0.25, 0.3) is 0 Å². The van der Waals surface area contributed by atoms with Gasteiger partial charge in [0.1, 0.15) is 11.9 Å². The number of halogens is 1. The third kappa shape index (κ3) is 3.09. The highest BCUT2D eigenvalue weighted by atomic mass is 32.2. The summed E-state index contributed by atoms with van der Waals surface area (Å²) in [5, 5.41) is 32.2. The summed E-state index contributed by atoms with van der Waals surface area (Å²) in [7, 11) is 0. The fraction of sp³-hybridized carbons (Fsp3) is 0.538. The van der Waals surface area contributed by atoms with Crippen LogP contribution in [0.3, 0.4) is 0 Å². The number of aliphatic hydroxyl groups excluding tert-OH is 3. The number of nitrogens with one attached hydrogen (secondary N) is 1. The van der Waals surface area contributed by atoms with Crippen LogP contribution in [0.25, 0.3) is 0 Å². The van der Waals surface area contributed by atoms with Crippen LogP contribution in [0.5, 0.6) is 0 Å². The molecule has 0 unspecified atom stereocenters. The van der Waals surface area contributed by atoms with E-state index in [9.17, 15) is 19.7 Å². The van der Waals surface area contributed by atoms with Crippen molar-refractivity contribution in [1.29, 1.82) is 0 Å². The maximum Gasteiger partial charge on any atom is 0.123 e. The van der Waals surface area contributed by atoms with Crippen LogP contribution in [-0.2, 0) is 6.54 Å². The first kappa shape index (κ1) is 14.7. The smallest absolute Gasteiger partial charge is 0.123 e. The maximum absolute atomic E-state index is 12.8. The van der Waals surface area contributed by atoms with Crippen molar-refractivity contribution in [2.75, 3.05) is 6.26 Å². The molecule has 0 bridgehead atoms. The van der Waals surface area contributed by atoms with Crippen LogP contribution in [0.2, 0.25) is 0 Å². The molecule has 1 aliphatic rings. The lowest BCUT2D eigenvalue weighted by Crippen LogP contribution is -2.43. The van der Waals surface area contributed by atoms with Crippen LogP contribution in [0.1, 0.15) is 5.56 Å². The second kappa shape index (κ2) is 6.19. The number of hydrogen-bond donors (Lipinski definition) is 4. The second-order valence-electron chi connectivity index (χ2n) is 4.71. The van der Waals surface area contributed by atoms with Crippen molar-refractivity contribution in [3.05, 3.63) is 35.6 Å². The lowest BCUT2D eigenvalue weighted by molar-refractivity contribution is -0.0219. The highest BCUT2D eigenvalue weighted by Gasteiger charge is 2.48. The average Bonchev–Trinajstić information content (AvgIpc) is 2.62. The van der Waals surface area contributed by atoms with Gasteiger partial charge in [-0.2, -0.15) is 11.8 Å². The Labute approximate surface area is 115 Å². The molecule has 5 atom stereocenters. The molecule has 0 saturated heterocycles. The monoisotopic (exact) mass is 287 g/mol. The third-order valence-corrected chi connectivity index (χ3v) is 4.60. The van der Waals surface area contributed by atoms with Crippen LogP contribution in [0.15, 0.2) is 24.3 Å². The molecule has 0 aliphatic heterocycles. The molecule has 0 aromatic heterocycles. The van der Waals surface area contributed by atoms with E-state index in [1.807, 2.05) is 6.26 Å². The van der Waals surface area contributed by atoms with Gasteiger partial charge in [-0.1, -0.05) is 12.1 Å². The lowest BCUT2D eigenvalue weighted by Gasteiger charge is -2.22. The van der Waals surface area contributed by atoms with Gasteiger partial charge < -0.3 is 20.6 Å². The summed E-state index contributed by atoms with van der Waals surface area (Å²) < 4.78 is 12.8. The van der Waals surface area contributed by atoms with Crippen molar-refractivity contribution in [2.24, 2.45) is 0 Å². The first-order valence-electron chi connectivity index (χ1n) is 6.09. The molecular weight excluding hydrogens is 269 g/mol. The molecule has 19 heavy (non-hydrogen) atoms. The molecular formula is C13H18FNO3S. The minimum absolute atomic E-state index is 0.273. The molecule has 6 heteroatoms. The summed E-state index contributed by atoms with van der Waals surface area (Å²) in [5.74, 6) is -0.294. The van der Waals surface area contributed by atoms with E-state index < -0.39 is 24.4 Å². The first-order chi connectivity index (χ1) is 9.04. The molecule has 0 heterocycles. The molecule has 4 nitrogen and oxygen atoms in total. The number of benzene rings is 1. The Morgan fingerprint density at radius 3 is 2.32 bits per heavy atom. The highest BCUT2D eigenvalue weighted by molar-refractivity contribution is 7.99. The van der Waals surface area contributed by atoms with E-state index in [1.165, 1.54) is 23.9 Å². The predicted octanol–water partition coefficient (Wildman–Crippen LogP) is 0.112. The lowest BCUT2D eigenvalue weighted by atomic mass is 10.1. The maximum atomic E-state index is 12.8. The highest BCUT2D eigenvalue weighted by Crippen LogP contribution is 2.30. The summed E-state index contributed by atoms with van der Waals surface area (Å²) >= 11 is 1.40. The molecule has 1 aliphatic carbocycles. The molecule has 4 N–H and O–H groups in total. The summed E-state index contributed by atoms with van der Waals surface area (Å²) in [6.45, 7) is 0.443. The van der Waals surface area contributed by atoms with Crippen LogP contribution >= 0.6 is 11.8 Å². The van der Waals surface area contributed by atoms with E-state index in [4.69, 9.17) is 0 Å². The Morgan fingerprint density at radius 2 is 1.74 bits per heavy atom. The normalized spacial score (nSPS) is 34.7. The largest absolute Gasteiger partial charge is 0.389 e. The van der Waals surface area contributed by atoms with Crippen molar-refractivity contribution >= 4 is 11.8 Å². The Kier molecular flexibility index (Phi) is 4.81. The number of rotatable bonds is 4. The molecule has 106 valence electrons. The first-order valence-corrected chi connectivity index (χ1v) is 7.38. The van der Waals surface area contributed by atoms with Crippen LogP contribution < -0.4 is 5.32 Å². The summed E-state index contributed by atoms with van der Waals surface area (Å²) in [5.41, 5.74) is 0.879. The third-order valence-electron chi connectivity index (χ3n) is 3.49. The quantitative estimate of drug-likeness (QED) is 0.633. The molecule has 1 aromatic carbocycles. The molecule has 1 saturated carbocycles. The van der Waals surface area contributed by atoms with E-state index in [0.717, 1.165) is 5.56 Å². The standard InChI is InChI=1S/C13H18FNO3S/c1-19-13-9(10(16)11(17)12(13)18)15-6-7-2-4-8(14)5-3-7/h2-5,9-13,15-18H,6H2,1H3/t9-,10+,11+,12+,13+/m0/s1. The van der Waals surface area contributed by atoms with E-state index in [2.05, 4.69) is 5.32 Å². The second-order valence-corrected chi connectivity index (χ2v) is 5.72. The minimum Gasteiger partial charge on any atom is -0.389 e. The van der Waals surface area contributed by atoms with Crippen molar-refractivity contribution in [3.8, 4) is 0 Å². The van der Waals surface area contributed by atoms with Gasteiger partial charge in [0, 0.05) is 6.54 Å². The van der Waals surface area contributed by atoms with E-state index in [1.54, 1.807) is 12.1 Å². The zero-order valence-electron chi connectivity index (χ0n) is 10.5. The zero-order chi connectivity index (χ0) is 14.0. The molecule has 0 amide bonds. The van der Waals surface area contributed by atoms with Crippen molar-refractivity contribution in [2.45, 2.75) is 36.1 Å². The predicted molar refractivity (Wildman–Crippen MR) is 72.4 cm³/mol. The van der Waals surface area contributed by atoms with Gasteiger partial charge in [0.05, 0.1) is 23.5 Å². The van der Waals surface area contributed by atoms with E-state index in [-0.39, 0.29) is 11.1 Å². The van der Waals surface area contributed by atoms with Crippen molar-refractivity contribution in [3.63, 3.8) is 0 Å².